The number of anilines is 1. The predicted octanol–water partition coefficient (Wildman–Crippen LogP) is 1.36. The molecular formula is C13H21N3O3S. The maximum absolute atomic E-state index is 12.5. The first kappa shape index (κ1) is 15.2. The molecule has 1 saturated heterocycles. The summed E-state index contributed by atoms with van der Waals surface area (Å²) in [5.74, 6) is 0. The first-order valence-electron chi connectivity index (χ1n) is 6.62. The van der Waals surface area contributed by atoms with Gasteiger partial charge in [0.2, 0.25) is 10.0 Å². The Kier molecular flexibility index (Phi) is 4.31. The Bertz CT molecular complexity index is 572. The van der Waals surface area contributed by atoms with Crippen molar-refractivity contribution in [3.63, 3.8) is 0 Å². The number of hydrogen-bond donors (Lipinski definition) is 2. The molecule has 1 atom stereocenters. The maximum Gasteiger partial charge on any atom is 0.244 e. The highest BCUT2D eigenvalue weighted by Gasteiger charge is 2.32. The van der Waals surface area contributed by atoms with Crippen LogP contribution in [0.3, 0.4) is 0 Å². The van der Waals surface area contributed by atoms with Crippen LogP contribution in [0.5, 0.6) is 0 Å². The van der Waals surface area contributed by atoms with Gasteiger partial charge in [-0.05, 0) is 32.8 Å². The lowest BCUT2D eigenvalue weighted by atomic mass is 9.95. The molecule has 0 aliphatic carbocycles. The van der Waals surface area contributed by atoms with Crippen molar-refractivity contribution in [2.45, 2.75) is 43.2 Å². The Morgan fingerprint density at radius 1 is 1.45 bits per heavy atom. The summed E-state index contributed by atoms with van der Waals surface area (Å²) < 4.78 is 33.3. The second-order valence-corrected chi connectivity index (χ2v) is 7.22. The van der Waals surface area contributed by atoms with Crippen molar-refractivity contribution in [3.8, 4) is 0 Å². The van der Waals surface area contributed by atoms with Crippen LogP contribution in [0.25, 0.3) is 0 Å². The summed E-state index contributed by atoms with van der Waals surface area (Å²) in [6.07, 6.45) is 4.25. The fourth-order valence-corrected chi connectivity index (χ4v) is 3.84. The zero-order valence-electron chi connectivity index (χ0n) is 12.0. The average molecular weight is 299 g/mol. The van der Waals surface area contributed by atoms with Crippen LogP contribution in [0, 0.1) is 0 Å². The summed E-state index contributed by atoms with van der Waals surface area (Å²) in [6.45, 7) is 4.50. The number of rotatable bonds is 4. The second kappa shape index (κ2) is 5.67. The van der Waals surface area contributed by atoms with E-state index >= 15 is 0 Å². The van der Waals surface area contributed by atoms with Gasteiger partial charge in [0.25, 0.3) is 0 Å². The zero-order chi connectivity index (χ0) is 14.8. The summed E-state index contributed by atoms with van der Waals surface area (Å²) in [4.78, 5) is 4.07. The summed E-state index contributed by atoms with van der Waals surface area (Å²) in [6, 6.07) is 1.52. The van der Waals surface area contributed by atoms with E-state index in [1.54, 1.807) is 19.3 Å². The lowest BCUT2D eigenvalue weighted by Gasteiger charge is -2.35. The zero-order valence-corrected chi connectivity index (χ0v) is 12.8. The Morgan fingerprint density at radius 2 is 2.20 bits per heavy atom. The van der Waals surface area contributed by atoms with Gasteiger partial charge >= 0.3 is 0 Å². The molecular weight excluding hydrogens is 278 g/mol. The molecule has 1 aromatic heterocycles. The number of nitrogens with one attached hydrogen (secondary N) is 2. The minimum atomic E-state index is -3.58. The van der Waals surface area contributed by atoms with Gasteiger partial charge in [-0.2, -0.15) is 0 Å². The summed E-state index contributed by atoms with van der Waals surface area (Å²) in [7, 11) is -1.90. The van der Waals surface area contributed by atoms with E-state index in [0.29, 0.717) is 25.1 Å². The number of ether oxygens (including phenoxy) is 1. The minimum Gasteiger partial charge on any atom is -0.387 e. The van der Waals surface area contributed by atoms with E-state index in [1.807, 2.05) is 13.8 Å². The SMILES string of the molecule is CNc1ccncc1S(=O)(=O)NC1CCOC(C)(C)C1. The third-order valence-electron chi connectivity index (χ3n) is 3.36. The molecule has 6 nitrogen and oxygen atoms in total. The van der Waals surface area contributed by atoms with Crippen LogP contribution < -0.4 is 10.0 Å². The van der Waals surface area contributed by atoms with Crippen LogP contribution in [-0.4, -0.2) is 38.7 Å². The van der Waals surface area contributed by atoms with Crippen molar-refractivity contribution in [3.05, 3.63) is 18.5 Å². The van der Waals surface area contributed by atoms with Gasteiger partial charge < -0.3 is 10.1 Å². The van der Waals surface area contributed by atoms with Crippen molar-refractivity contribution in [2.75, 3.05) is 19.0 Å². The largest absolute Gasteiger partial charge is 0.387 e. The highest BCUT2D eigenvalue weighted by atomic mass is 32.2. The molecule has 112 valence electrons. The van der Waals surface area contributed by atoms with Crippen LogP contribution >= 0.6 is 0 Å². The molecule has 1 aliphatic rings. The molecule has 2 heterocycles. The van der Waals surface area contributed by atoms with Gasteiger partial charge in [-0.1, -0.05) is 0 Å². The fourth-order valence-electron chi connectivity index (χ4n) is 2.42. The third kappa shape index (κ3) is 3.47. The molecule has 20 heavy (non-hydrogen) atoms. The Hall–Kier alpha value is -1.18. The number of nitrogens with zero attached hydrogens (tertiary/aromatic N) is 1. The highest BCUT2D eigenvalue weighted by Crippen LogP contribution is 2.26. The van der Waals surface area contributed by atoms with Crippen LogP contribution in [0.4, 0.5) is 5.69 Å². The van der Waals surface area contributed by atoms with Gasteiger partial charge in [-0.25, -0.2) is 13.1 Å². The molecule has 0 aromatic carbocycles. The van der Waals surface area contributed by atoms with E-state index in [9.17, 15) is 8.42 Å². The quantitative estimate of drug-likeness (QED) is 0.877. The standard InChI is InChI=1S/C13H21N3O3S/c1-13(2)8-10(5-7-19-13)16-20(17,18)12-9-15-6-4-11(12)14-3/h4,6,9-10,16H,5,7-8H2,1-3H3,(H,14,15). The van der Waals surface area contributed by atoms with Crippen molar-refractivity contribution in [1.82, 2.24) is 9.71 Å². The maximum atomic E-state index is 12.5. The van der Waals surface area contributed by atoms with Gasteiger partial charge in [0.05, 0.1) is 11.3 Å². The minimum absolute atomic E-state index is 0.117. The van der Waals surface area contributed by atoms with Gasteiger partial charge in [0, 0.05) is 32.1 Å². The van der Waals surface area contributed by atoms with Crippen LogP contribution in [0.1, 0.15) is 26.7 Å². The number of aromatic nitrogens is 1. The molecule has 2 rings (SSSR count). The van der Waals surface area contributed by atoms with Crippen LogP contribution in [0.2, 0.25) is 0 Å². The molecule has 1 fully saturated rings. The topological polar surface area (TPSA) is 80.3 Å². The average Bonchev–Trinajstić information content (AvgIpc) is 2.37. The first-order valence-corrected chi connectivity index (χ1v) is 8.10. The summed E-state index contributed by atoms with van der Waals surface area (Å²) in [5, 5.41) is 2.87. The fraction of sp³-hybridized carbons (Fsp3) is 0.615. The Morgan fingerprint density at radius 3 is 2.85 bits per heavy atom. The molecule has 0 spiro atoms. The number of sulfonamides is 1. The molecule has 1 aromatic rings. The molecule has 0 saturated carbocycles. The molecule has 0 bridgehead atoms. The van der Waals surface area contributed by atoms with Gasteiger partial charge in [0.1, 0.15) is 4.90 Å². The monoisotopic (exact) mass is 299 g/mol. The van der Waals surface area contributed by atoms with Crippen molar-refractivity contribution < 1.29 is 13.2 Å². The molecule has 1 unspecified atom stereocenters. The van der Waals surface area contributed by atoms with E-state index in [1.165, 1.54) is 6.20 Å². The first-order chi connectivity index (χ1) is 9.34. The van der Waals surface area contributed by atoms with Gasteiger partial charge in [-0.15, -0.1) is 0 Å². The van der Waals surface area contributed by atoms with E-state index in [4.69, 9.17) is 4.74 Å². The van der Waals surface area contributed by atoms with Crippen molar-refractivity contribution >= 4 is 15.7 Å². The van der Waals surface area contributed by atoms with Crippen LogP contribution in [-0.2, 0) is 14.8 Å². The van der Waals surface area contributed by atoms with Crippen LogP contribution in [0.15, 0.2) is 23.4 Å². The van der Waals surface area contributed by atoms with E-state index in [0.717, 1.165) is 0 Å². The molecule has 2 N–H and O–H groups in total. The molecule has 0 amide bonds. The number of pyridine rings is 1. The smallest absolute Gasteiger partial charge is 0.244 e. The van der Waals surface area contributed by atoms with Crippen molar-refractivity contribution in [1.29, 1.82) is 0 Å². The lowest BCUT2D eigenvalue weighted by Crippen LogP contribution is -2.45. The van der Waals surface area contributed by atoms with Gasteiger partial charge in [0.15, 0.2) is 0 Å². The van der Waals surface area contributed by atoms with E-state index < -0.39 is 10.0 Å². The highest BCUT2D eigenvalue weighted by molar-refractivity contribution is 7.89. The van der Waals surface area contributed by atoms with Crippen molar-refractivity contribution in [2.24, 2.45) is 0 Å². The summed E-state index contributed by atoms with van der Waals surface area (Å²) in [5.41, 5.74) is 0.241. The Balaban J connectivity index is 2.19. The van der Waals surface area contributed by atoms with E-state index in [2.05, 4.69) is 15.0 Å². The molecule has 1 aliphatic heterocycles. The second-order valence-electron chi connectivity index (χ2n) is 5.54. The third-order valence-corrected chi connectivity index (χ3v) is 4.91. The molecule has 7 heteroatoms. The molecule has 0 radical (unpaired) electrons. The number of hydrogen-bond acceptors (Lipinski definition) is 5. The lowest BCUT2D eigenvalue weighted by molar-refractivity contribution is -0.0599. The summed E-state index contributed by atoms with van der Waals surface area (Å²) >= 11 is 0. The van der Waals surface area contributed by atoms with Gasteiger partial charge in [-0.3, -0.25) is 4.98 Å². The predicted molar refractivity (Wildman–Crippen MR) is 77.2 cm³/mol. The van der Waals surface area contributed by atoms with E-state index in [-0.39, 0.29) is 16.5 Å². The normalized spacial score (nSPS) is 22.4. The Labute approximate surface area is 120 Å².